The first-order chi connectivity index (χ1) is 9.09. The van der Waals surface area contributed by atoms with Gasteiger partial charge in [0.15, 0.2) is 5.78 Å². The zero-order chi connectivity index (χ0) is 13.6. The monoisotopic (exact) mass is 275 g/mol. The lowest BCUT2D eigenvalue weighted by atomic mass is 10.0. The van der Waals surface area contributed by atoms with Crippen LogP contribution in [0.25, 0.3) is 11.1 Å². The zero-order valence-corrected chi connectivity index (χ0v) is 11.0. The van der Waals surface area contributed by atoms with E-state index in [-0.39, 0.29) is 11.5 Å². The van der Waals surface area contributed by atoms with Gasteiger partial charge >= 0.3 is 0 Å². The number of carbonyl (C=O) groups excluding carboxylic acids is 1. The van der Waals surface area contributed by atoms with E-state index in [0.29, 0.717) is 11.1 Å². The van der Waals surface area contributed by atoms with Crippen molar-refractivity contribution in [2.45, 2.75) is 12.4 Å². The fourth-order valence-electron chi connectivity index (χ4n) is 2.43. The Morgan fingerprint density at radius 1 is 1.11 bits per heavy atom. The predicted octanol–water partition coefficient (Wildman–Crippen LogP) is 4.03. The largest absolute Gasteiger partial charge is 0.366 e. The van der Waals surface area contributed by atoms with Crippen molar-refractivity contribution in [3.05, 3.63) is 53.3 Å². The molecular formula is C15H11ClFNO. The maximum atomic E-state index is 13.9. The molecule has 1 aliphatic carbocycles. The van der Waals surface area contributed by atoms with Crippen LogP contribution in [-0.4, -0.2) is 11.3 Å². The molecule has 2 nitrogen and oxygen atoms in total. The molecule has 0 radical (unpaired) electrons. The number of fused-ring (bicyclic) bond motifs is 3. The van der Waals surface area contributed by atoms with E-state index < -0.39 is 11.3 Å². The van der Waals surface area contributed by atoms with E-state index in [4.69, 9.17) is 11.6 Å². The van der Waals surface area contributed by atoms with Gasteiger partial charge in [-0.1, -0.05) is 41.9 Å². The molecule has 19 heavy (non-hydrogen) atoms. The molecular weight excluding hydrogens is 265 g/mol. The third-order valence-corrected chi connectivity index (χ3v) is 3.30. The first kappa shape index (κ1) is 12.2. The standard InChI is InChI=1S/C15H11ClFNO/c1-8(16)18-14-12(17)7-6-10-9-4-2-3-5-11(9)15(19)13(10)14/h2-8,18H,1H3. The minimum atomic E-state index is -0.465. The van der Waals surface area contributed by atoms with Crippen molar-refractivity contribution in [2.24, 2.45) is 0 Å². The maximum absolute atomic E-state index is 13.9. The first-order valence-corrected chi connectivity index (χ1v) is 6.40. The lowest BCUT2D eigenvalue weighted by molar-refractivity contribution is 0.104. The molecule has 0 saturated heterocycles. The number of halogens is 2. The van der Waals surface area contributed by atoms with Crippen molar-refractivity contribution in [2.75, 3.05) is 5.32 Å². The molecule has 0 aliphatic heterocycles. The lowest BCUT2D eigenvalue weighted by Gasteiger charge is -2.13. The highest BCUT2D eigenvalue weighted by Crippen LogP contribution is 2.41. The number of hydrogen-bond donors (Lipinski definition) is 1. The molecule has 1 N–H and O–H groups in total. The molecule has 0 fully saturated rings. The molecule has 0 amide bonds. The Balaban J connectivity index is 2.26. The maximum Gasteiger partial charge on any atom is 0.196 e. The van der Waals surface area contributed by atoms with Crippen molar-refractivity contribution < 1.29 is 9.18 Å². The third-order valence-electron chi connectivity index (χ3n) is 3.19. The lowest BCUT2D eigenvalue weighted by Crippen LogP contribution is -2.12. The molecule has 1 atom stereocenters. The Morgan fingerprint density at radius 3 is 2.47 bits per heavy atom. The number of carbonyl (C=O) groups is 1. The number of ketones is 1. The molecule has 1 aliphatic rings. The molecule has 3 rings (SSSR count). The van der Waals surface area contributed by atoms with E-state index in [1.165, 1.54) is 6.07 Å². The molecule has 0 heterocycles. The summed E-state index contributed by atoms with van der Waals surface area (Å²) in [6.07, 6.45) is 0. The van der Waals surface area contributed by atoms with Gasteiger partial charge in [-0.25, -0.2) is 4.39 Å². The average Bonchev–Trinajstić information content (AvgIpc) is 2.67. The highest BCUT2D eigenvalue weighted by Gasteiger charge is 2.30. The molecule has 96 valence electrons. The second-order valence-corrected chi connectivity index (χ2v) is 5.13. The molecule has 4 heteroatoms. The Labute approximate surface area is 115 Å². The summed E-state index contributed by atoms with van der Waals surface area (Å²) in [5, 5.41) is 2.81. The Hall–Kier alpha value is -1.87. The quantitative estimate of drug-likeness (QED) is 0.565. The van der Waals surface area contributed by atoms with Crippen LogP contribution in [0.15, 0.2) is 36.4 Å². The number of hydrogen-bond acceptors (Lipinski definition) is 2. The second-order valence-electron chi connectivity index (χ2n) is 4.48. The van der Waals surface area contributed by atoms with Gasteiger partial charge in [0.1, 0.15) is 5.82 Å². The summed E-state index contributed by atoms with van der Waals surface area (Å²) in [5.74, 6) is -0.627. The van der Waals surface area contributed by atoms with Crippen molar-refractivity contribution in [3.8, 4) is 11.1 Å². The van der Waals surface area contributed by atoms with Crippen LogP contribution in [0.3, 0.4) is 0 Å². The predicted molar refractivity (Wildman–Crippen MR) is 74.2 cm³/mol. The number of nitrogens with one attached hydrogen (secondary N) is 1. The molecule has 0 spiro atoms. The van der Waals surface area contributed by atoms with E-state index in [0.717, 1.165) is 11.1 Å². The highest BCUT2D eigenvalue weighted by molar-refractivity contribution is 6.25. The summed E-state index contributed by atoms with van der Waals surface area (Å²) in [6.45, 7) is 1.69. The van der Waals surface area contributed by atoms with E-state index in [1.54, 1.807) is 25.1 Å². The Kier molecular flexibility index (Phi) is 2.79. The van der Waals surface area contributed by atoms with Crippen LogP contribution in [0.5, 0.6) is 0 Å². The van der Waals surface area contributed by atoms with Crippen LogP contribution >= 0.6 is 11.6 Å². The van der Waals surface area contributed by atoms with Crippen molar-refractivity contribution in [3.63, 3.8) is 0 Å². The summed E-state index contributed by atoms with van der Waals surface area (Å²) in [5.41, 5.74) is 2.29. The van der Waals surface area contributed by atoms with Gasteiger partial charge in [0.2, 0.25) is 0 Å². The molecule has 2 aromatic carbocycles. The molecule has 2 aromatic rings. The Morgan fingerprint density at radius 2 is 1.79 bits per heavy atom. The van der Waals surface area contributed by atoms with Gasteiger partial charge < -0.3 is 5.32 Å². The second kappa shape index (κ2) is 4.35. The molecule has 0 bridgehead atoms. The fourth-order valence-corrected chi connectivity index (χ4v) is 2.54. The first-order valence-electron chi connectivity index (χ1n) is 5.97. The van der Waals surface area contributed by atoms with Crippen molar-refractivity contribution in [1.82, 2.24) is 0 Å². The SMILES string of the molecule is CC(Cl)Nc1c(F)ccc2c1C(=O)c1ccccc1-2. The molecule has 0 aromatic heterocycles. The smallest absolute Gasteiger partial charge is 0.196 e. The number of anilines is 1. The zero-order valence-electron chi connectivity index (χ0n) is 10.2. The van der Waals surface area contributed by atoms with Gasteiger partial charge in [0.25, 0.3) is 0 Å². The Bertz CT molecular complexity index is 682. The summed E-state index contributed by atoms with van der Waals surface area (Å²) in [6, 6.07) is 10.3. The van der Waals surface area contributed by atoms with Gasteiger partial charge in [-0.2, -0.15) is 0 Å². The van der Waals surface area contributed by atoms with Crippen LogP contribution in [0.4, 0.5) is 10.1 Å². The van der Waals surface area contributed by atoms with Crippen LogP contribution in [-0.2, 0) is 0 Å². The van der Waals surface area contributed by atoms with Gasteiger partial charge in [0.05, 0.1) is 16.8 Å². The molecule has 1 unspecified atom stereocenters. The summed E-state index contributed by atoms with van der Waals surface area (Å²) in [4.78, 5) is 12.4. The number of rotatable bonds is 2. The molecule has 0 saturated carbocycles. The summed E-state index contributed by atoms with van der Waals surface area (Å²) >= 11 is 5.86. The van der Waals surface area contributed by atoms with E-state index in [9.17, 15) is 9.18 Å². The minimum Gasteiger partial charge on any atom is -0.366 e. The minimum absolute atomic E-state index is 0.162. The van der Waals surface area contributed by atoms with Crippen LogP contribution in [0.2, 0.25) is 0 Å². The van der Waals surface area contributed by atoms with Gasteiger partial charge in [-0.3, -0.25) is 4.79 Å². The fraction of sp³-hybridized carbons (Fsp3) is 0.133. The van der Waals surface area contributed by atoms with Crippen molar-refractivity contribution >= 4 is 23.1 Å². The number of benzene rings is 2. The van der Waals surface area contributed by atoms with E-state index >= 15 is 0 Å². The normalized spacial score (nSPS) is 13.9. The van der Waals surface area contributed by atoms with Gasteiger partial charge in [-0.15, -0.1) is 0 Å². The van der Waals surface area contributed by atoms with Gasteiger partial charge in [-0.05, 0) is 24.1 Å². The highest BCUT2D eigenvalue weighted by atomic mass is 35.5. The van der Waals surface area contributed by atoms with Crippen LogP contribution in [0.1, 0.15) is 22.8 Å². The number of alkyl halides is 1. The summed E-state index contributed by atoms with van der Waals surface area (Å²) in [7, 11) is 0. The van der Waals surface area contributed by atoms with Crippen molar-refractivity contribution in [1.29, 1.82) is 0 Å². The van der Waals surface area contributed by atoms with E-state index in [1.807, 2.05) is 12.1 Å². The average molecular weight is 276 g/mol. The van der Waals surface area contributed by atoms with E-state index in [2.05, 4.69) is 5.32 Å². The van der Waals surface area contributed by atoms with Crippen LogP contribution < -0.4 is 5.32 Å². The topological polar surface area (TPSA) is 29.1 Å². The third kappa shape index (κ3) is 1.81. The van der Waals surface area contributed by atoms with Gasteiger partial charge in [0, 0.05) is 5.56 Å². The summed E-state index contributed by atoms with van der Waals surface area (Å²) < 4.78 is 13.9. The van der Waals surface area contributed by atoms with Crippen LogP contribution in [0, 0.1) is 5.82 Å².